The van der Waals surface area contributed by atoms with Crippen LogP contribution in [0.3, 0.4) is 0 Å². The number of hydrogen-bond donors (Lipinski definition) is 3. The van der Waals surface area contributed by atoms with Crippen molar-refractivity contribution in [3.8, 4) is 5.75 Å². The number of aromatic amines is 1. The van der Waals surface area contributed by atoms with Gasteiger partial charge in [0, 0.05) is 12.5 Å². The third-order valence-corrected chi connectivity index (χ3v) is 3.69. The van der Waals surface area contributed by atoms with Crippen LogP contribution in [0.25, 0.3) is 0 Å². The molecule has 1 heterocycles. The third-order valence-electron chi connectivity index (χ3n) is 3.69. The lowest BCUT2D eigenvalue weighted by Crippen LogP contribution is -2.20. The van der Waals surface area contributed by atoms with E-state index in [0.29, 0.717) is 11.8 Å². The molecule has 1 unspecified atom stereocenters. The molecule has 0 saturated heterocycles. The number of rotatable bonds is 5. The molecule has 0 amide bonds. The maximum atomic E-state index is 9.80. The smallest absolute Gasteiger partial charge is 0.137 e. The Bertz CT molecular complexity index is 538. The molecule has 1 aromatic carbocycles. The Balaban J connectivity index is 1.51. The quantitative estimate of drug-likeness (QED) is 0.714. The summed E-state index contributed by atoms with van der Waals surface area (Å²) in [7, 11) is 0. The number of nitrogens with zero attached hydrogens (tertiary/aromatic N) is 2. The Morgan fingerprint density at radius 1 is 1.42 bits per heavy atom. The van der Waals surface area contributed by atoms with Gasteiger partial charge in [-0.1, -0.05) is 12.1 Å². The molecule has 1 aliphatic rings. The molecule has 0 saturated carbocycles. The van der Waals surface area contributed by atoms with Gasteiger partial charge in [0.2, 0.25) is 0 Å². The summed E-state index contributed by atoms with van der Waals surface area (Å²) in [5.41, 5.74) is 2.36. The molecule has 2 aromatic rings. The lowest BCUT2D eigenvalue weighted by Gasteiger charge is -2.13. The van der Waals surface area contributed by atoms with Gasteiger partial charge in [0.15, 0.2) is 0 Å². The molecule has 1 atom stereocenters. The molecule has 3 rings (SSSR count). The number of nitrogens with one attached hydrogen (secondary N) is 2. The number of aromatic nitrogens is 3. The number of fused-ring (bicyclic) bond motifs is 1. The van der Waals surface area contributed by atoms with E-state index in [1.165, 1.54) is 5.56 Å². The van der Waals surface area contributed by atoms with Crippen molar-refractivity contribution in [1.82, 2.24) is 20.5 Å². The molecular weight excluding hydrogens is 240 g/mol. The third kappa shape index (κ3) is 2.61. The van der Waals surface area contributed by atoms with Crippen LogP contribution in [-0.2, 0) is 12.8 Å². The molecule has 0 radical (unpaired) electrons. The summed E-state index contributed by atoms with van der Waals surface area (Å²) in [6.07, 6.45) is 5.50. The van der Waals surface area contributed by atoms with Gasteiger partial charge in [-0.05, 0) is 43.0 Å². The first-order chi connectivity index (χ1) is 9.34. The van der Waals surface area contributed by atoms with Gasteiger partial charge in [0.05, 0.1) is 0 Å². The van der Waals surface area contributed by atoms with Crippen LogP contribution in [-0.4, -0.2) is 26.8 Å². The first-order valence-corrected chi connectivity index (χ1v) is 6.73. The van der Waals surface area contributed by atoms with E-state index in [0.717, 1.165) is 43.6 Å². The van der Waals surface area contributed by atoms with Crippen LogP contribution in [0, 0.1) is 0 Å². The lowest BCUT2D eigenvalue weighted by molar-refractivity contribution is 0.469. The Morgan fingerprint density at radius 2 is 2.37 bits per heavy atom. The standard InChI is InChI=1S/C14H18N4O/c19-13-4-1-3-10-11(13)6-7-12(10)15-8-2-5-14-16-9-17-18-14/h1,3-4,9,12,15,19H,2,5-8H2,(H,16,17,18). The molecule has 0 bridgehead atoms. The fourth-order valence-corrected chi connectivity index (χ4v) is 2.73. The highest BCUT2D eigenvalue weighted by Gasteiger charge is 2.23. The van der Waals surface area contributed by atoms with E-state index in [-0.39, 0.29) is 0 Å². The minimum atomic E-state index is 0.372. The molecule has 3 N–H and O–H groups in total. The van der Waals surface area contributed by atoms with Crippen molar-refractivity contribution in [2.75, 3.05) is 6.54 Å². The summed E-state index contributed by atoms with van der Waals surface area (Å²) in [5, 5.41) is 20.1. The second-order valence-electron chi connectivity index (χ2n) is 4.93. The zero-order valence-electron chi connectivity index (χ0n) is 10.8. The summed E-state index contributed by atoms with van der Waals surface area (Å²) in [4.78, 5) is 4.11. The minimum Gasteiger partial charge on any atom is -0.508 e. The molecule has 5 heteroatoms. The minimum absolute atomic E-state index is 0.372. The van der Waals surface area contributed by atoms with Crippen molar-refractivity contribution in [2.24, 2.45) is 0 Å². The van der Waals surface area contributed by atoms with Crippen molar-refractivity contribution in [3.63, 3.8) is 0 Å². The number of benzene rings is 1. The molecule has 19 heavy (non-hydrogen) atoms. The summed E-state index contributed by atoms with van der Waals surface area (Å²) in [5.74, 6) is 1.37. The fourth-order valence-electron chi connectivity index (χ4n) is 2.73. The SMILES string of the molecule is Oc1cccc2c1CCC2NCCCc1ncn[nH]1. The van der Waals surface area contributed by atoms with Crippen LogP contribution in [0.15, 0.2) is 24.5 Å². The predicted molar refractivity (Wildman–Crippen MR) is 71.9 cm³/mol. The number of hydrogen-bond acceptors (Lipinski definition) is 4. The second-order valence-corrected chi connectivity index (χ2v) is 4.93. The maximum absolute atomic E-state index is 9.80. The predicted octanol–water partition coefficient (Wildman–Crippen LogP) is 1.72. The monoisotopic (exact) mass is 258 g/mol. The fraction of sp³-hybridized carbons (Fsp3) is 0.429. The van der Waals surface area contributed by atoms with Crippen molar-refractivity contribution in [2.45, 2.75) is 31.7 Å². The maximum Gasteiger partial charge on any atom is 0.137 e. The van der Waals surface area contributed by atoms with Gasteiger partial charge in [-0.15, -0.1) is 0 Å². The first-order valence-electron chi connectivity index (χ1n) is 6.73. The molecule has 5 nitrogen and oxygen atoms in total. The van der Waals surface area contributed by atoms with Gasteiger partial charge in [-0.3, -0.25) is 5.10 Å². The van der Waals surface area contributed by atoms with Crippen LogP contribution in [0.1, 0.15) is 35.8 Å². The van der Waals surface area contributed by atoms with Crippen molar-refractivity contribution < 1.29 is 5.11 Å². The zero-order chi connectivity index (χ0) is 13.1. The summed E-state index contributed by atoms with van der Waals surface area (Å²) in [6.45, 7) is 0.945. The highest BCUT2D eigenvalue weighted by molar-refractivity contribution is 5.44. The molecular formula is C14H18N4O. The summed E-state index contributed by atoms with van der Waals surface area (Å²) in [6, 6.07) is 6.17. The van der Waals surface area contributed by atoms with E-state index in [9.17, 15) is 5.11 Å². The van der Waals surface area contributed by atoms with Gasteiger partial charge in [-0.2, -0.15) is 5.10 Å². The van der Waals surface area contributed by atoms with Crippen molar-refractivity contribution in [3.05, 3.63) is 41.5 Å². The average Bonchev–Trinajstić information content (AvgIpc) is 3.05. The number of aryl methyl sites for hydroxylation is 1. The Kier molecular flexibility index (Phi) is 3.46. The largest absolute Gasteiger partial charge is 0.508 e. The number of phenols is 1. The summed E-state index contributed by atoms with van der Waals surface area (Å²) < 4.78 is 0. The molecule has 100 valence electrons. The van der Waals surface area contributed by atoms with Crippen LogP contribution in [0.4, 0.5) is 0 Å². The van der Waals surface area contributed by atoms with Crippen LogP contribution in [0.2, 0.25) is 0 Å². The molecule has 1 aliphatic carbocycles. The van der Waals surface area contributed by atoms with Gasteiger partial charge < -0.3 is 10.4 Å². The highest BCUT2D eigenvalue weighted by atomic mass is 16.3. The normalized spacial score (nSPS) is 17.6. The van der Waals surface area contributed by atoms with Gasteiger partial charge in [0.1, 0.15) is 17.9 Å². The summed E-state index contributed by atoms with van der Waals surface area (Å²) >= 11 is 0. The van der Waals surface area contributed by atoms with E-state index in [2.05, 4.69) is 26.6 Å². The molecule has 0 aliphatic heterocycles. The van der Waals surface area contributed by atoms with E-state index in [1.807, 2.05) is 6.07 Å². The van der Waals surface area contributed by atoms with E-state index >= 15 is 0 Å². The van der Waals surface area contributed by atoms with Crippen molar-refractivity contribution in [1.29, 1.82) is 0 Å². The van der Waals surface area contributed by atoms with Crippen LogP contribution >= 0.6 is 0 Å². The average molecular weight is 258 g/mol. The second kappa shape index (κ2) is 5.40. The lowest BCUT2D eigenvalue weighted by atomic mass is 10.1. The van der Waals surface area contributed by atoms with E-state index in [4.69, 9.17) is 0 Å². The molecule has 0 spiro atoms. The Morgan fingerprint density at radius 3 is 3.21 bits per heavy atom. The Labute approximate surface area is 112 Å². The first kappa shape index (κ1) is 12.2. The van der Waals surface area contributed by atoms with E-state index < -0.39 is 0 Å². The zero-order valence-corrected chi connectivity index (χ0v) is 10.8. The van der Waals surface area contributed by atoms with Gasteiger partial charge >= 0.3 is 0 Å². The van der Waals surface area contributed by atoms with Crippen LogP contribution < -0.4 is 5.32 Å². The van der Waals surface area contributed by atoms with Gasteiger partial charge in [-0.25, -0.2) is 4.98 Å². The topological polar surface area (TPSA) is 73.8 Å². The molecule has 1 aromatic heterocycles. The van der Waals surface area contributed by atoms with E-state index in [1.54, 1.807) is 12.4 Å². The van der Waals surface area contributed by atoms with Crippen LogP contribution in [0.5, 0.6) is 5.75 Å². The number of H-pyrrole nitrogens is 1. The molecule has 0 fully saturated rings. The number of aromatic hydroxyl groups is 1. The Hall–Kier alpha value is -1.88. The highest BCUT2D eigenvalue weighted by Crippen LogP contribution is 2.36. The number of phenolic OH excluding ortho intramolecular Hbond substituents is 1. The van der Waals surface area contributed by atoms with Crippen molar-refractivity contribution >= 4 is 0 Å². The van der Waals surface area contributed by atoms with Gasteiger partial charge in [0.25, 0.3) is 0 Å².